The fourth-order valence-electron chi connectivity index (χ4n) is 0.525. The fourth-order valence-corrected chi connectivity index (χ4v) is 1.04. The summed E-state index contributed by atoms with van der Waals surface area (Å²) in [6.45, 7) is 3.84. The highest BCUT2D eigenvalue weighted by atomic mass is 32.2. The first-order valence-corrected chi connectivity index (χ1v) is 5.22. The number of carbonyl (C=O) groups is 1. The monoisotopic (exact) mass is 194 g/mol. The van der Waals surface area contributed by atoms with Crippen LogP contribution in [-0.4, -0.2) is 33.8 Å². The van der Waals surface area contributed by atoms with Crippen LogP contribution in [0.15, 0.2) is 0 Å². The maximum absolute atomic E-state index is 10.7. The number of amides is 1. The number of nitrogens with one attached hydrogen (secondary N) is 1. The van der Waals surface area contributed by atoms with Gasteiger partial charge in [-0.3, -0.25) is 9.52 Å². The summed E-state index contributed by atoms with van der Waals surface area (Å²) < 4.78 is 27.5. The molecule has 1 radical (unpaired) electrons. The van der Waals surface area contributed by atoms with Gasteiger partial charge in [-0.05, 0) is 6.92 Å². The molecule has 1 N–H and O–H groups in total. The summed E-state index contributed by atoms with van der Waals surface area (Å²) in [5, 5.41) is 0. The van der Waals surface area contributed by atoms with E-state index >= 15 is 0 Å². The zero-order chi connectivity index (χ0) is 9.61. The molecule has 71 valence electrons. The summed E-state index contributed by atoms with van der Waals surface area (Å²) in [7, 11) is -3.43. The van der Waals surface area contributed by atoms with Gasteiger partial charge in [-0.1, -0.05) is 0 Å². The van der Waals surface area contributed by atoms with Gasteiger partial charge in [0.2, 0.25) is 15.9 Å². The summed E-state index contributed by atoms with van der Waals surface area (Å²) >= 11 is 0. The minimum atomic E-state index is -3.43. The van der Waals surface area contributed by atoms with E-state index in [1.807, 2.05) is 4.72 Å². The molecule has 5 nitrogen and oxygen atoms in total. The number of rotatable bonds is 5. The van der Waals surface area contributed by atoms with Crippen molar-refractivity contribution in [2.24, 2.45) is 0 Å². The van der Waals surface area contributed by atoms with Gasteiger partial charge in [-0.2, -0.15) is 0 Å². The first kappa shape index (κ1) is 11.4. The summed E-state index contributed by atoms with van der Waals surface area (Å²) in [6.07, 6.45) is 0.954. The smallest absolute Gasteiger partial charge is 0.235 e. The lowest BCUT2D eigenvalue weighted by Gasteiger charge is -2.01. The van der Waals surface area contributed by atoms with Gasteiger partial charge in [0.25, 0.3) is 0 Å². The molecule has 0 bridgehead atoms. The summed E-state index contributed by atoms with van der Waals surface area (Å²) in [5.74, 6) is -0.564. The highest BCUT2D eigenvalue weighted by Gasteiger charge is 2.06. The fraction of sp³-hybridized carbons (Fsp3) is 0.667. The predicted octanol–water partition coefficient (Wildman–Crippen LogP) is -0.697. The van der Waals surface area contributed by atoms with Crippen LogP contribution in [0.4, 0.5) is 0 Å². The Bertz CT molecular complexity index is 234. The van der Waals surface area contributed by atoms with Gasteiger partial charge < -0.3 is 4.74 Å². The van der Waals surface area contributed by atoms with Crippen LogP contribution in [0.25, 0.3) is 0 Å². The lowest BCUT2D eigenvalue weighted by atomic mass is 10.4. The third-order valence-corrected chi connectivity index (χ3v) is 1.52. The maximum Gasteiger partial charge on any atom is 0.235 e. The van der Waals surface area contributed by atoms with Crippen molar-refractivity contribution in [3.8, 4) is 0 Å². The topological polar surface area (TPSA) is 72.5 Å². The van der Waals surface area contributed by atoms with Gasteiger partial charge in [0.05, 0.1) is 19.3 Å². The molecule has 0 saturated heterocycles. The van der Waals surface area contributed by atoms with E-state index in [9.17, 15) is 13.2 Å². The minimum absolute atomic E-state index is 0.0303. The molecule has 0 aromatic rings. The van der Waals surface area contributed by atoms with E-state index in [0.717, 1.165) is 6.26 Å². The van der Waals surface area contributed by atoms with E-state index in [1.54, 1.807) is 0 Å². The third kappa shape index (κ3) is 7.49. The Labute approximate surface area is 72.1 Å². The van der Waals surface area contributed by atoms with E-state index < -0.39 is 15.9 Å². The predicted molar refractivity (Wildman–Crippen MR) is 43.8 cm³/mol. The highest BCUT2D eigenvalue weighted by molar-refractivity contribution is 7.89. The lowest BCUT2D eigenvalue weighted by molar-refractivity contribution is -0.120. The van der Waals surface area contributed by atoms with Crippen molar-refractivity contribution >= 4 is 15.9 Å². The van der Waals surface area contributed by atoms with Crippen LogP contribution in [0.1, 0.15) is 6.42 Å². The van der Waals surface area contributed by atoms with E-state index in [1.165, 1.54) is 0 Å². The molecule has 0 aliphatic carbocycles. The molecule has 0 rings (SSSR count). The Morgan fingerprint density at radius 2 is 2.17 bits per heavy atom. The molecule has 0 aromatic heterocycles. The second-order valence-electron chi connectivity index (χ2n) is 2.16. The first-order valence-electron chi connectivity index (χ1n) is 3.33. The summed E-state index contributed by atoms with van der Waals surface area (Å²) in [5.41, 5.74) is 0. The maximum atomic E-state index is 10.7. The van der Waals surface area contributed by atoms with Crippen LogP contribution < -0.4 is 4.72 Å². The standard InChI is InChI=1S/C6H12NO4S/c1-3-11-5-4-6(8)7-12(2,9)10/h1,3-5H2,2H3,(H,7,8). The average Bonchev–Trinajstić information content (AvgIpc) is 1.84. The van der Waals surface area contributed by atoms with Gasteiger partial charge in [-0.25, -0.2) is 8.42 Å². The van der Waals surface area contributed by atoms with Crippen molar-refractivity contribution in [1.82, 2.24) is 4.72 Å². The van der Waals surface area contributed by atoms with Crippen LogP contribution in [0.2, 0.25) is 0 Å². The van der Waals surface area contributed by atoms with Crippen molar-refractivity contribution in [3.05, 3.63) is 6.92 Å². The van der Waals surface area contributed by atoms with Crippen molar-refractivity contribution in [3.63, 3.8) is 0 Å². The molecular weight excluding hydrogens is 182 g/mol. The molecule has 0 aliphatic heterocycles. The van der Waals surface area contributed by atoms with Crippen molar-refractivity contribution in [2.45, 2.75) is 6.42 Å². The zero-order valence-corrected chi connectivity index (χ0v) is 7.69. The van der Waals surface area contributed by atoms with Crippen LogP contribution in [-0.2, 0) is 19.6 Å². The quantitative estimate of drug-likeness (QED) is 0.587. The van der Waals surface area contributed by atoms with E-state index in [2.05, 4.69) is 6.92 Å². The van der Waals surface area contributed by atoms with Gasteiger partial charge in [0.1, 0.15) is 0 Å². The molecular formula is C6H12NO4S. The average molecular weight is 194 g/mol. The van der Waals surface area contributed by atoms with Crippen molar-refractivity contribution < 1.29 is 17.9 Å². The van der Waals surface area contributed by atoms with Crippen molar-refractivity contribution in [1.29, 1.82) is 0 Å². The molecule has 12 heavy (non-hydrogen) atoms. The highest BCUT2D eigenvalue weighted by Crippen LogP contribution is 1.84. The number of hydrogen-bond donors (Lipinski definition) is 1. The van der Waals surface area contributed by atoms with Gasteiger partial charge in [-0.15, -0.1) is 0 Å². The second kappa shape index (κ2) is 5.10. The van der Waals surface area contributed by atoms with E-state index in [4.69, 9.17) is 4.74 Å². The Morgan fingerprint density at radius 1 is 1.58 bits per heavy atom. The van der Waals surface area contributed by atoms with Gasteiger partial charge >= 0.3 is 0 Å². The number of carbonyl (C=O) groups excluding carboxylic acids is 1. The molecule has 0 heterocycles. The lowest BCUT2D eigenvalue weighted by Crippen LogP contribution is -2.29. The Balaban J connectivity index is 3.62. The normalized spacial score (nSPS) is 11.2. The van der Waals surface area contributed by atoms with E-state index in [-0.39, 0.29) is 19.6 Å². The summed E-state index contributed by atoms with van der Waals surface area (Å²) in [6, 6.07) is 0. The molecule has 0 fully saturated rings. The molecule has 0 aromatic carbocycles. The van der Waals surface area contributed by atoms with Gasteiger partial charge in [0.15, 0.2) is 0 Å². The van der Waals surface area contributed by atoms with Crippen LogP contribution in [0.5, 0.6) is 0 Å². The number of ether oxygens (including phenoxy) is 1. The molecule has 1 amide bonds. The molecule has 0 saturated carbocycles. The largest absolute Gasteiger partial charge is 0.381 e. The molecule has 0 atom stereocenters. The van der Waals surface area contributed by atoms with Gasteiger partial charge in [0, 0.05) is 6.61 Å². The Kier molecular flexibility index (Phi) is 4.84. The Hall–Kier alpha value is -0.620. The zero-order valence-electron chi connectivity index (χ0n) is 6.87. The molecule has 0 spiro atoms. The number of hydrogen-bond acceptors (Lipinski definition) is 4. The SMILES string of the molecule is [CH2]COCCC(=O)NS(C)(=O)=O. The van der Waals surface area contributed by atoms with Crippen LogP contribution >= 0.6 is 0 Å². The summed E-state index contributed by atoms with van der Waals surface area (Å²) in [4.78, 5) is 10.7. The first-order chi connectivity index (χ1) is 5.45. The van der Waals surface area contributed by atoms with E-state index in [0.29, 0.717) is 0 Å². The number of sulfonamides is 1. The second-order valence-corrected chi connectivity index (χ2v) is 3.91. The van der Waals surface area contributed by atoms with Crippen LogP contribution in [0.3, 0.4) is 0 Å². The minimum Gasteiger partial charge on any atom is -0.381 e. The Morgan fingerprint density at radius 3 is 2.58 bits per heavy atom. The molecule has 6 heteroatoms. The van der Waals surface area contributed by atoms with Crippen LogP contribution in [0, 0.1) is 6.92 Å². The molecule has 0 aliphatic rings. The van der Waals surface area contributed by atoms with Crippen molar-refractivity contribution in [2.75, 3.05) is 19.5 Å². The third-order valence-electron chi connectivity index (χ3n) is 0.917. The molecule has 0 unspecified atom stereocenters.